The molecule has 9 heteroatoms. The second-order valence-electron chi connectivity index (χ2n) is 7.52. The molecule has 176 valence electrons. The number of hydrogen-bond acceptors (Lipinski definition) is 6. The van der Waals surface area contributed by atoms with E-state index in [0.717, 1.165) is 10.3 Å². The lowest BCUT2D eigenvalue weighted by Gasteiger charge is -2.20. The maximum Gasteiger partial charge on any atom is 0.230 e. The average Bonchev–Trinajstić information content (AvgIpc) is 3.27. The number of hydrogen-bond donors (Lipinski definition) is 0. The van der Waals surface area contributed by atoms with E-state index in [2.05, 4.69) is 0 Å². The maximum absolute atomic E-state index is 13.3. The molecular formula is C25H23ClN2O4S2. The second-order valence-corrected chi connectivity index (χ2v) is 11.1. The van der Waals surface area contributed by atoms with Gasteiger partial charge in [-0.1, -0.05) is 59.3 Å². The molecule has 0 aliphatic heterocycles. The molecule has 0 radical (unpaired) electrons. The Balaban J connectivity index is 1.62. The van der Waals surface area contributed by atoms with E-state index in [1.54, 1.807) is 4.90 Å². The van der Waals surface area contributed by atoms with Crippen LogP contribution in [0.5, 0.6) is 5.75 Å². The minimum atomic E-state index is -3.64. The number of halogens is 1. The molecule has 0 saturated carbocycles. The first-order chi connectivity index (χ1) is 16.4. The highest BCUT2D eigenvalue weighted by Crippen LogP contribution is 2.35. The molecule has 4 rings (SSSR count). The fraction of sp³-hybridized carbons (Fsp3) is 0.200. The fourth-order valence-corrected chi connectivity index (χ4v) is 5.80. The Morgan fingerprint density at radius 2 is 1.76 bits per heavy atom. The van der Waals surface area contributed by atoms with Gasteiger partial charge in [0, 0.05) is 11.4 Å². The summed E-state index contributed by atoms with van der Waals surface area (Å²) in [5.41, 5.74) is 1.60. The molecule has 0 fully saturated rings. The monoisotopic (exact) mass is 514 g/mol. The summed E-state index contributed by atoms with van der Waals surface area (Å²) in [6.07, 6.45) is -0.175. The van der Waals surface area contributed by atoms with Gasteiger partial charge in [0.05, 0.1) is 28.5 Å². The number of rotatable bonds is 9. The topological polar surface area (TPSA) is 76.6 Å². The maximum atomic E-state index is 13.3. The minimum Gasteiger partial charge on any atom is -0.492 e. The number of ether oxygens (including phenoxy) is 1. The second kappa shape index (κ2) is 10.5. The largest absolute Gasteiger partial charge is 0.492 e. The van der Waals surface area contributed by atoms with Crippen molar-refractivity contribution in [3.05, 3.63) is 83.4 Å². The highest BCUT2D eigenvalue weighted by atomic mass is 35.5. The van der Waals surface area contributed by atoms with Crippen LogP contribution in [0.4, 0.5) is 5.13 Å². The molecule has 3 aromatic carbocycles. The molecule has 6 nitrogen and oxygen atoms in total. The third-order valence-corrected chi connectivity index (χ3v) is 8.17. The molecule has 0 spiro atoms. The number of carbonyl (C=O) groups excluding carboxylic acids is 1. The van der Waals surface area contributed by atoms with Crippen molar-refractivity contribution in [2.45, 2.75) is 24.8 Å². The molecule has 0 atom stereocenters. The van der Waals surface area contributed by atoms with Crippen LogP contribution in [0.1, 0.15) is 18.9 Å². The Morgan fingerprint density at radius 1 is 1.03 bits per heavy atom. The number of carbonyl (C=O) groups is 1. The summed E-state index contributed by atoms with van der Waals surface area (Å²) in [6, 6.07) is 21.1. The van der Waals surface area contributed by atoms with Crippen molar-refractivity contribution in [3.8, 4) is 5.75 Å². The van der Waals surface area contributed by atoms with Crippen LogP contribution in [0.25, 0.3) is 10.2 Å². The third kappa shape index (κ3) is 5.58. The Labute approximate surface area is 207 Å². The van der Waals surface area contributed by atoms with E-state index in [0.29, 0.717) is 28.0 Å². The number of thiazole rings is 1. The molecule has 4 aromatic rings. The van der Waals surface area contributed by atoms with Crippen molar-refractivity contribution in [2.24, 2.45) is 0 Å². The van der Waals surface area contributed by atoms with E-state index in [1.165, 1.54) is 35.6 Å². The van der Waals surface area contributed by atoms with Crippen LogP contribution in [0.15, 0.2) is 77.7 Å². The average molecular weight is 515 g/mol. The molecule has 1 aromatic heterocycles. The summed E-state index contributed by atoms with van der Waals surface area (Å²) in [5, 5.41) is 0.950. The van der Waals surface area contributed by atoms with Crippen LogP contribution >= 0.6 is 22.9 Å². The quantitative estimate of drug-likeness (QED) is 0.284. The molecule has 34 heavy (non-hydrogen) atoms. The molecule has 0 unspecified atom stereocenters. The minimum absolute atomic E-state index is 0.139. The molecule has 0 N–H and O–H groups in total. The predicted octanol–water partition coefficient (Wildman–Crippen LogP) is 5.75. The standard InChI is InChI=1S/C25H23ClN2O4S2/c1-2-32-21-9-6-10-22-24(21)27-25(33-22)28(17-18-7-4-3-5-8-18)23(29)15-16-34(30,31)20-13-11-19(26)12-14-20/h3-14H,2,15-17H2,1H3. The smallest absolute Gasteiger partial charge is 0.230 e. The van der Waals surface area contributed by atoms with E-state index in [1.807, 2.05) is 55.5 Å². The summed E-state index contributed by atoms with van der Waals surface area (Å²) in [5.74, 6) is 0.0201. The third-order valence-electron chi connectivity index (χ3n) is 5.14. The van der Waals surface area contributed by atoms with Gasteiger partial charge in [-0.25, -0.2) is 13.4 Å². The zero-order valence-electron chi connectivity index (χ0n) is 18.5. The number of fused-ring (bicyclic) bond motifs is 1. The number of amides is 1. The van der Waals surface area contributed by atoms with Crippen LogP contribution in [-0.2, 0) is 21.2 Å². The van der Waals surface area contributed by atoms with Crippen molar-refractivity contribution < 1.29 is 17.9 Å². The molecule has 0 bridgehead atoms. The van der Waals surface area contributed by atoms with Crippen molar-refractivity contribution in [1.29, 1.82) is 0 Å². The van der Waals surface area contributed by atoms with Gasteiger partial charge in [0.1, 0.15) is 11.3 Å². The molecular weight excluding hydrogens is 492 g/mol. The van der Waals surface area contributed by atoms with Crippen molar-refractivity contribution in [2.75, 3.05) is 17.3 Å². The molecule has 1 heterocycles. The summed E-state index contributed by atoms with van der Waals surface area (Å²) in [4.78, 5) is 19.7. The molecule has 0 aliphatic rings. The van der Waals surface area contributed by atoms with Crippen molar-refractivity contribution in [3.63, 3.8) is 0 Å². The number of para-hydroxylation sites is 1. The van der Waals surface area contributed by atoms with Crippen LogP contribution in [-0.4, -0.2) is 31.7 Å². The number of nitrogens with zero attached hydrogens (tertiary/aromatic N) is 2. The van der Waals surface area contributed by atoms with Gasteiger partial charge in [-0.2, -0.15) is 0 Å². The van der Waals surface area contributed by atoms with Crippen molar-refractivity contribution >= 4 is 54.0 Å². The van der Waals surface area contributed by atoms with Crippen LogP contribution in [0, 0.1) is 0 Å². The first-order valence-electron chi connectivity index (χ1n) is 10.7. The Bertz CT molecular complexity index is 1390. The number of anilines is 1. The fourth-order valence-electron chi connectivity index (χ4n) is 3.44. The highest BCUT2D eigenvalue weighted by Gasteiger charge is 2.24. The lowest BCUT2D eigenvalue weighted by molar-refractivity contribution is -0.118. The summed E-state index contributed by atoms with van der Waals surface area (Å²) < 4.78 is 32.1. The lowest BCUT2D eigenvalue weighted by atomic mass is 10.2. The molecule has 0 saturated heterocycles. The van der Waals surface area contributed by atoms with Gasteiger partial charge in [-0.3, -0.25) is 9.69 Å². The number of benzene rings is 3. The van der Waals surface area contributed by atoms with Gasteiger partial charge < -0.3 is 4.74 Å². The lowest BCUT2D eigenvalue weighted by Crippen LogP contribution is -2.31. The number of sulfone groups is 1. The molecule has 1 amide bonds. The first kappa shape index (κ1) is 24.2. The first-order valence-corrected chi connectivity index (χ1v) is 13.6. The number of aromatic nitrogens is 1. The Hall–Kier alpha value is -2.94. The van der Waals surface area contributed by atoms with Crippen molar-refractivity contribution in [1.82, 2.24) is 4.98 Å². The normalized spacial score (nSPS) is 11.5. The van der Waals surface area contributed by atoms with E-state index < -0.39 is 9.84 Å². The van der Waals surface area contributed by atoms with Crippen LogP contribution < -0.4 is 9.64 Å². The highest BCUT2D eigenvalue weighted by molar-refractivity contribution is 7.91. The van der Waals surface area contributed by atoms with Gasteiger partial charge in [-0.05, 0) is 48.9 Å². The van der Waals surface area contributed by atoms with Gasteiger partial charge in [-0.15, -0.1) is 0 Å². The van der Waals surface area contributed by atoms with E-state index in [4.69, 9.17) is 21.3 Å². The van der Waals surface area contributed by atoms with Gasteiger partial charge >= 0.3 is 0 Å². The van der Waals surface area contributed by atoms with Crippen LogP contribution in [0.2, 0.25) is 5.02 Å². The predicted molar refractivity (Wildman–Crippen MR) is 137 cm³/mol. The van der Waals surface area contributed by atoms with Gasteiger partial charge in [0.15, 0.2) is 15.0 Å². The summed E-state index contributed by atoms with van der Waals surface area (Å²) in [6.45, 7) is 2.68. The van der Waals surface area contributed by atoms with Gasteiger partial charge in [0.2, 0.25) is 5.91 Å². The SMILES string of the molecule is CCOc1cccc2sc(N(Cc3ccccc3)C(=O)CCS(=O)(=O)c3ccc(Cl)cc3)nc12. The van der Waals surface area contributed by atoms with Crippen LogP contribution in [0.3, 0.4) is 0 Å². The summed E-state index contributed by atoms with van der Waals surface area (Å²) >= 11 is 7.24. The zero-order valence-corrected chi connectivity index (χ0v) is 20.9. The van der Waals surface area contributed by atoms with E-state index >= 15 is 0 Å². The zero-order chi connectivity index (χ0) is 24.1. The van der Waals surface area contributed by atoms with E-state index in [9.17, 15) is 13.2 Å². The molecule has 0 aliphatic carbocycles. The van der Waals surface area contributed by atoms with E-state index in [-0.39, 0.29) is 29.5 Å². The van der Waals surface area contributed by atoms with Gasteiger partial charge in [0.25, 0.3) is 0 Å². The Kier molecular flexibility index (Phi) is 7.50. The summed E-state index contributed by atoms with van der Waals surface area (Å²) in [7, 11) is -3.64. The Morgan fingerprint density at radius 3 is 2.47 bits per heavy atom.